The molecule has 2 unspecified atom stereocenters. The molecule has 7 nitrogen and oxygen atoms in total. The highest BCUT2D eigenvalue weighted by atomic mass is 35.5. The number of hydrogen-bond acceptors (Lipinski definition) is 5. The first-order valence-corrected chi connectivity index (χ1v) is 9.75. The van der Waals surface area contributed by atoms with Crippen LogP contribution in [0.2, 0.25) is 5.02 Å². The van der Waals surface area contributed by atoms with Crippen molar-refractivity contribution >= 4 is 27.5 Å². The molecular formula is C16H24ClN3O4S. The Kier molecular flexibility index (Phi) is 5.98. The molecule has 1 aromatic rings. The number of rotatable bonds is 4. The summed E-state index contributed by atoms with van der Waals surface area (Å²) >= 11 is 6.12. The van der Waals surface area contributed by atoms with E-state index in [0.29, 0.717) is 13.1 Å². The number of nitrogens with one attached hydrogen (secondary N) is 1. The van der Waals surface area contributed by atoms with Crippen molar-refractivity contribution in [2.45, 2.75) is 30.8 Å². The van der Waals surface area contributed by atoms with Gasteiger partial charge < -0.3 is 15.0 Å². The topological polar surface area (TPSA) is 79.0 Å². The van der Waals surface area contributed by atoms with Crippen molar-refractivity contribution < 1.29 is 17.9 Å². The van der Waals surface area contributed by atoms with E-state index in [2.05, 4.69) is 5.32 Å². The molecule has 1 aliphatic rings. The van der Waals surface area contributed by atoms with Crippen molar-refractivity contribution in [2.24, 2.45) is 0 Å². The third-order valence-electron chi connectivity index (χ3n) is 4.15. The van der Waals surface area contributed by atoms with Crippen LogP contribution in [0.15, 0.2) is 17.0 Å². The van der Waals surface area contributed by atoms with Crippen LogP contribution < -0.4 is 10.1 Å². The minimum atomic E-state index is -3.88. The smallest absolute Gasteiger partial charge is 0.257 e. The fourth-order valence-corrected chi connectivity index (χ4v) is 5.03. The number of amides is 1. The van der Waals surface area contributed by atoms with Gasteiger partial charge in [-0.2, -0.15) is 4.31 Å². The van der Waals surface area contributed by atoms with E-state index < -0.39 is 10.0 Å². The van der Waals surface area contributed by atoms with Crippen molar-refractivity contribution in [3.63, 3.8) is 0 Å². The highest BCUT2D eigenvalue weighted by Crippen LogP contribution is 2.35. The maximum absolute atomic E-state index is 13.3. The summed E-state index contributed by atoms with van der Waals surface area (Å²) < 4.78 is 33.2. The summed E-state index contributed by atoms with van der Waals surface area (Å²) in [6.07, 6.45) is 0. The number of hydrogen-bond donors (Lipinski definition) is 1. The summed E-state index contributed by atoms with van der Waals surface area (Å²) in [5.41, 5.74) is 0.120. The van der Waals surface area contributed by atoms with Gasteiger partial charge in [0.15, 0.2) is 5.75 Å². The number of methoxy groups -OCH3 is 1. The summed E-state index contributed by atoms with van der Waals surface area (Å²) in [5, 5.41) is 3.41. The molecule has 0 aromatic heterocycles. The highest BCUT2D eigenvalue weighted by Gasteiger charge is 2.36. The molecule has 1 heterocycles. The zero-order valence-corrected chi connectivity index (χ0v) is 16.6. The molecule has 1 N–H and O–H groups in total. The predicted octanol–water partition coefficient (Wildman–Crippen LogP) is 1.42. The number of sulfonamides is 1. The average molecular weight is 390 g/mol. The third kappa shape index (κ3) is 3.92. The fourth-order valence-electron chi connectivity index (χ4n) is 2.82. The van der Waals surface area contributed by atoms with Gasteiger partial charge in [0.05, 0.1) is 12.7 Å². The lowest BCUT2D eigenvalue weighted by Crippen LogP contribution is -2.56. The molecule has 1 aliphatic heterocycles. The van der Waals surface area contributed by atoms with Gasteiger partial charge in [-0.1, -0.05) is 11.6 Å². The number of carbonyl (C=O) groups is 1. The van der Waals surface area contributed by atoms with E-state index in [1.165, 1.54) is 28.4 Å². The molecule has 0 saturated carbocycles. The highest BCUT2D eigenvalue weighted by molar-refractivity contribution is 7.89. The normalized spacial score (nSPS) is 21.8. The van der Waals surface area contributed by atoms with Crippen molar-refractivity contribution in [3.8, 4) is 5.75 Å². The third-order valence-corrected chi connectivity index (χ3v) is 6.36. The Labute approximate surface area is 153 Å². The van der Waals surface area contributed by atoms with Crippen molar-refractivity contribution in [1.29, 1.82) is 0 Å². The maximum atomic E-state index is 13.3. The molecule has 1 aromatic carbocycles. The largest absolute Gasteiger partial charge is 0.494 e. The number of nitrogens with zero attached hydrogens (tertiary/aromatic N) is 2. The van der Waals surface area contributed by atoms with Crippen molar-refractivity contribution in [2.75, 3.05) is 34.3 Å². The molecule has 1 fully saturated rings. The molecule has 2 rings (SSSR count). The first-order chi connectivity index (χ1) is 11.6. The quantitative estimate of drug-likeness (QED) is 0.842. The van der Waals surface area contributed by atoms with Crippen LogP contribution in [0, 0.1) is 0 Å². The Morgan fingerprint density at radius 3 is 2.56 bits per heavy atom. The maximum Gasteiger partial charge on any atom is 0.257 e. The zero-order chi connectivity index (χ0) is 18.9. The van der Waals surface area contributed by atoms with Gasteiger partial charge >= 0.3 is 0 Å². The average Bonchev–Trinajstić information content (AvgIpc) is 2.55. The fraction of sp³-hybridized carbons (Fsp3) is 0.562. The van der Waals surface area contributed by atoms with Gasteiger partial charge in [0.1, 0.15) is 4.90 Å². The molecule has 1 amide bonds. The van der Waals surface area contributed by atoms with E-state index in [-0.39, 0.29) is 39.2 Å². The van der Waals surface area contributed by atoms with Gasteiger partial charge in [0.2, 0.25) is 10.0 Å². The van der Waals surface area contributed by atoms with Gasteiger partial charge in [0, 0.05) is 44.3 Å². The minimum Gasteiger partial charge on any atom is -0.494 e. The van der Waals surface area contributed by atoms with Crippen LogP contribution in [0.4, 0.5) is 0 Å². The summed E-state index contributed by atoms with van der Waals surface area (Å²) in [6, 6.07) is 2.56. The van der Waals surface area contributed by atoms with Crippen molar-refractivity contribution in [3.05, 3.63) is 22.7 Å². The summed E-state index contributed by atoms with van der Waals surface area (Å²) in [6.45, 7) is 4.63. The Bertz CT molecular complexity index is 767. The van der Waals surface area contributed by atoms with Gasteiger partial charge in [-0.25, -0.2) is 8.42 Å². The van der Waals surface area contributed by atoms with E-state index in [4.69, 9.17) is 16.3 Å². The molecule has 0 spiro atoms. The van der Waals surface area contributed by atoms with Crippen LogP contribution in [-0.2, 0) is 10.0 Å². The number of halogens is 1. The Morgan fingerprint density at radius 1 is 1.36 bits per heavy atom. The van der Waals surface area contributed by atoms with Crippen LogP contribution in [-0.4, -0.2) is 69.9 Å². The number of carbonyl (C=O) groups excluding carboxylic acids is 1. The first kappa shape index (κ1) is 20.0. The number of benzene rings is 1. The van der Waals surface area contributed by atoms with E-state index >= 15 is 0 Å². The second-order valence-corrected chi connectivity index (χ2v) is 8.71. The lowest BCUT2D eigenvalue weighted by atomic mass is 10.2. The first-order valence-electron chi connectivity index (χ1n) is 7.94. The summed E-state index contributed by atoms with van der Waals surface area (Å²) in [7, 11) is 0.628. The van der Waals surface area contributed by atoms with Crippen LogP contribution in [0.1, 0.15) is 24.2 Å². The number of piperazine rings is 1. The monoisotopic (exact) mass is 389 g/mol. The molecule has 0 bridgehead atoms. The summed E-state index contributed by atoms with van der Waals surface area (Å²) in [4.78, 5) is 13.7. The second-order valence-electron chi connectivity index (χ2n) is 6.42. The minimum absolute atomic E-state index is 0.0153. The van der Waals surface area contributed by atoms with Gasteiger partial charge in [0.25, 0.3) is 5.91 Å². The van der Waals surface area contributed by atoms with Crippen LogP contribution in [0.5, 0.6) is 5.75 Å². The zero-order valence-electron chi connectivity index (χ0n) is 15.0. The van der Waals surface area contributed by atoms with Crippen molar-refractivity contribution in [1.82, 2.24) is 14.5 Å². The second kappa shape index (κ2) is 7.49. The summed E-state index contributed by atoms with van der Waals surface area (Å²) in [5.74, 6) is -0.362. The molecule has 0 radical (unpaired) electrons. The van der Waals surface area contributed by atoms with Gasteiger partial charge in [-0.05, 0) is 26.0 Å². The molecule has 9 heteroatoms. The Morgan fingerprint density at radius 2 is 2.00 bits per heavy atom. The molecule has 25 heavy (non-hydrogen) atoms. The Balaban J connectivity index is 2.63. The number of ether oxygens (including phenoxy) is 1. The van der Waals surface area contributed by atoms with E-state index in [0.717, 1.165) is 0 Å². The Hall–Kier alpha value is -1.35. The molecule has 140 valence electrons. The van der Waals surface area contributed by atoms with E-state index in [1.807, 2.05) is 13.8 Å². The van der Waals surface area contributed by atoms with Crippen LogP contribution in [0.3, 0.4) is 0 Å². The standard InChI is InChI=1S/C16H24ClN3O4S/c1-10-9-20(11(2)8-18-10)25(22,23)14-7-12(17)6-13(15(14)24-5)16(21)19(3)4/h6-7,10-11,18H,8-9H2,1-5H3. The van der Waals surface area contributed by atoms with Crippen LogP contribution in [0.25, 0.3) is 0 Å². The SMILES string of the molecule is COc1c(C(=O)N(C)C)cc(Cl)cc1S(=O)(=O)N1CC(C)NCC1C. The van der Waals surface area contributed by atoms with Gasteiger partial charge in [-0.3, -0.25) is 4.79 Å². The lowest BCUT2D eigenvalue weighted by Gasteiger charge is -2.36. The molecule has 2 atom stereocenters. The van der Waals surface area contributed by atoms with Gasteiger partial charge in [-0.15, -0.1) is 0 Å². The molecule has 1 saturated heterocycles. The lowest BCUT2D eigenvalue weighted by molar-refractivity contribution is 0.0823. The predicted molar refractivity (Wildman–Crippen MR) is 96.8 cm³/mol. The van der Waals surface area contributed by atoms with Crippen LogP contribution >= 0.6 is 11.6 Å². The van der Waals surface area contributed by atoms with E-state index in [1.54, 1.807) is 14.1 Å². The molecule has 0 aliphatic carbocycles. The van der Waals surface area contributed by atoms with E-state index in [9.17, 15) is 13.2 Å². The molecular weight excluding hydrogens is 366 g/mol.